The van der Waals surface area contributed by atoms with Crippen LogP contribution in [0.2, 0.25) is 0 Å². The molecule has 0 aliphatic rings. The second-order valence-electron chi connectivity index (χ2n) is 13.5. The number of thiol groups is 1. The minimum atomic E-state index is -1.02. The van der Waals surface area contributed by atoms with E-state index in [-0.39, 0.29) is 57.2 Å². The predicted octanol–water partition coefficient (Wildman–Crippen LogP) is -0.616. The van der Waals surface area contributed by atoms with Crippen molar-refractivity contribution < 1.29 is 47.8 Å². The Bertz CT molecular complexity index is 1390. The normalized spacial score (nSPS) is 12.4. The SMILES string of the molecule is CC(=O)CC(NC(C)=O)C(=O)NCCOC(C)(C)CCOC(C)(C)CCC(=O)NCC(=O)NCC(=O)N[C@@H](Cc1ccccc1)C(=O)NCC(=O)NS. The number of carbonyl (C=O) groups is 8. The maximum absolute atomic E-state index is 12.7. The van der Waals surface area contributed by atoms with Crippen molar-refractivity contribution in [3.63, 3.8) is 0 Å². The smallest absolute Gasteiger partial charge is 0.249 e. The molecule has 1 aromatic rings. The summed E-state index contributed by atoms with van der Waals surface area (Å²) < 4.78 is 14.0. The van der Waals surface area contributed by atoms with Crippen LogP contribution >= 0.6 is 12.8 Å². The first-order valence-electron chi connectivity index (χ1n) is 17.2. The third-order valence-corrected chi connectivity index (χ3v) is 7.85. The molecule has 0 fully saturated rings. The minimum Gasteiger partial charge on any atom is -0.375 e. The topological polar surface area (TPSA) is 239 Å². The van der Waals surface area contributed by atoms with E-state index in [9.17, 15) is 38.4 Å². The number of benzene rings is 1. The molecule has 1 rings (SSSR count). The Labute approximate surface area is 316 Å². The van der Waals surface area contributed by atoms with E-state index in [4.69, 9.17) is 9.47 Å². The molecule has 0 heterocycles. The van der Waals surface area contributed by atoms with E-state index in [1.165, 1.54) is 13.8 Å². The third-order valence-electron chi connectivity index (χ3n) is 7.61. The average molecular weight is 766 g/mol. The summed E-state index contributed by atoms with van der Waals surface area (Å²) in [7, 11) is 0. The summed E-state index contributed by atoms with van der Waals surface area (Å²) in [6.45, 7) is 9.57. The molecule has 17 nitrogen and oxygen atoms in total. The van der Waals surface area contributed by atoms with Gasteiger partial charge in [0.2, 0.25) is 41.4 Å². The van der Waals surface area contributed by atoms with Crippen molar-refractivity contribution in [3.05, 3.63) is 35.9 Å². The van der Waals surface area contributed by atoms with Crippen molar-refractivity contribution in [2.45, 2.75) is 96.9 Å². The van der Waals surface area contributed by atoms with Crippen molar-refractivity contribution in [1.82, 2.24) is 36.6 Å². The second kappa shape index (κ2) is 23.9. The highest BCUT2D eigenvalue weighted by Crippen LogP contribution is 2.20. The summed E-state index contributed by atoms with van der Waals surface area (Å²) in [4.78, 5) is 96.6. The zero-order valence-electron chi connectivity index (χ0n) is 31.3. The molecule has 53 heavy (non-hydrogen) atoms. The van der Waals surface area contributed by atoms with E-state index < -0.39 is 65.3 Å². The van der Waals surface area contributed by atoms with Crippen LogP contribution in [0.15, 0.2) is 30.3 Å². The molecule has 0 spiro atoms. The first-order chi connectivity index (χ1) is 24.8. The number of amides is 7. The maximum atomic E-state index is 12.7. The number of ether oxygens (including phenoxy) is 2. The molecule has 2 atom stereocenters. The molecule has 0 saturated carbocycles. The summed E-state index contributed by atoms with van der Waals surface area (Å²) in [5.41, 5.74) is -0.502. The molecular weight excluding hydrogens is 710 g/mol. The lowest BCUT2D eigenvalue weighted by atomic mass is 10.0. The lowest BCUT2D eigenvalue weighted by molar-refractivity contribution is -0.131. The molecule has 296 valence electrons. The molecule has 1 unspecified atom stereocenters. The highest BCUT2D eigenvalue weighted by Gasteiger charge is 2.25. The van der Waals surface area contributed by atoms with Gasteiger partial charge in [0.15, 0.2) is 0 Å². The van der Waals surface area contributed by atoms with Gasteiger partial charge in [-0.2, -0.15) is 0 Å². The largest absolute Gasteiger partial charge is 0.375 e. The number of rotatable bonds is 25. The van der Waals surface area contributed by atoms with Gasteiger partial charge in [-0.05, 0) is 53.0 Å². The molecule has 0 aliphatic carbocycles. The fourth-order valence-corrected chi connectivity index (χ4v) is 4.72. The lowest BCUT2D eigenvalue weighted by Gasteiger charge is -2.30. The average Bonchev–Trinajstić information content (AvgIpc) is 3.08. The first-order valence-corrected chi connectivity index (χ1v) is 17.7. The predicted molar refractivity (Wildman–Crippen MR) is 198 cm³/mol. The van der Waals surface area contributed by atoms with E-state index in [0.717, 1.165) is 5.56 Å². The number of carbonyl (C=O) groups excluding carboxylic acids is 8. The van der Waals surface area contributed by atoms with E-state index in [2.05, 4.69) is 49.4 Å². The summed E-state index contributed by atoms with van der Waals surface area (Å²) in [6, 6.07) is 6.97. The van der Waals surface area contributed by atoms with Crippen LogP contribution in [0.5, 0.6) is 0 Å². The monoisotopic (exact) mass is 765 g/mol. The zero-order valence-corrected chi connectivity index (χ0v) is 32.2. The Balaban J connectivity index is 2.40. The van der Waals surface area contributed by atoms with Crippen molar-refractivity contribution in [2.24, 2.45) is 0 Å². The van der Waals surface area contributed by atoms with Gasteiger partial charge in [-0.15, -0.1) is 0 Å². The second-order valence-corrected chi connectivity index (χ2v) is 13.8. The van der Waals surface area contributed by atoms with Crippen molar-refractivity contribution >= 4 is 59.9 Å². The minimum absolute atomic E-state index is 0.0744. The molecule has 0 aliphatic heterocycles. The summed E-state index contributed by atoms with van der Waals surface area (Å²) in [6.07, 6.45) is 0.974. The number of hydrogen-bond donors (Lipinski definition) is 8. The molecule has 7 amide bonds. The van der Waals surface area contributed by atoms with Gasteiger partial charge in [-0.25, -0.2) is 0 Å². The van der Waals surface area contributed by atoms with Crippen LogP contribution in [0.3, 0.4) is 0 Å². The fraction of sp³-hybridized carbons (Fsp3) is 0.600. The number of nitrogens with one attached hydrogen (secondary N) is 7. The van der Waals surface area contributed by atoms with E-state index in [0.29, 0.717) is 19.4 Å². The molecule has 0 saturated heterocycles. The Morgan fingerprint density at radius 3 is 1.85 bits per heavy atom. The Morgan fingerprint density at radius 2 is 1.23 bits per heavy atom. The Morgan fingerprint density at radius 1 is 0.660 bits per heavy atom. The molecular formula is C35H55N7O10S. The Kier molecular flexibility index (Phi) is 21.0. The van der Waals surface area contributed by atoms with Gasteiger partial charge in [0, 0.05) is 32.7 Å². The van der Waals surface area contributed by atoms with Crippen LogP contribution in [0.25, 0.3) is 0 Å². The number of ketones is 1. The van der Waals surface area contributed by atoms with Crippen LogP contribution in [0, 0.1) is 0 Å². The summed E-state index contributed by atoms with van der Waals surface area (Å²) in [5, 5.41) is 15.0. The molecule has 0 aromatic heterocycles. The summed E-state index contributed by atoms with van der Waals surface area (Å²) >= 11 is 3.64. The Hall–Kier alpha value is -4.55. The van der Waals surface area contributed by atoms with Gasteiger partial charge in [-0.3, -0.25) is 38.4 Å². The van der Waals surface area contributed by atoms with Crippen LogP contribution in [0.1, 0.15) is 72.8 Å². The van der Waals surface area contributed by atoms with Gasteiger partial charge in [-0.1, -0.05) is 43.1 Å². The van der Waals surface area contributed by atoms with Crippen molar-refractivity contribution in [3.8, 4) is 0 Å². The first kappa shape index (κ1) is 46.5. The standard InChI is InChI=1S/C35H55N7O10S/c1-23(43)18-26(40-24(2)44)32(49)36-15-17-52-35(5,6)14-16-51-34(3,4)13-12-28(45)37-20-29(46)38-21-30(47)41-27(19-25-10-8-7-9-11-25)33(50)39-22-31(48)42-53/h7-11,26-27,53H,12-22H2,1-6H3,(H,36,49)(H,37,45)(H,38,46)(H,39,50)(H,40,44)(H,41,47)(H,42,48)/t26?,27-/m0/s1. The summed E-state index contributed by atoms with van der Waals surface area (Å²) in [5.74, 6) is -3.88. The molecule has 0 radical (unpaired) electrons. The molecule has 0 bridgehead atoms. The van der Waals surface area contributed by atoms with Gasteiger partial charge in [0.25, 0.3) is 0 Å². The van der Waals surface area contributed by atoms with Gasteiger partial charge < -0.3 is 46.1 Å². The molecule has 1 aromatic carbocycles. The maximum Gasteiger partial charge on any atom is 0.249 e. The van der Waals surface area contributed by atoms with Crippen LogP contribution in [-0.2, 0) is 54.3 Å². The van der Waals surface area contributed by atoms with Gasteiger partial charge >= 0.3 is 0 Å². The van der Waals surface area contributed by atoms with Crippen molar-refractivity contribution in [1.29, 1.82) is 0 Å². The highest BCUT2D eigenvalue weighted by atomic mass is 32.1. The van der Waals surface area contributed by atoms with Gasteiger partial charge in [0.1, 0.15) is 17.9 Å². The molecule has 7 N–H and O–H groups in total. The van der Waals surface area contributed by atoms with Crippen molar-refractivity contribution in [2.75, 3.05) is 39.4 Å². The highest BCUT2D eigenvalue weighted by molar-refractivity contribution is 7.78. The number of hydrogen-bond acceptors (Lipinski definition) is 11. The number of Topliss-reactive ketones (excluding diaryl/α,β-unsaturated/α-hetero) is 1. The quantitative estimate of drug-likeness (QED) is 0.0464. The zero-order chi connectivity index (χ0) is 40.0. The van der Waals surface area contributed by atoms with E-state index in [1.807, 2.05) is 27.7 Å². The third kappa shape index (κ3) is 22.2. The van der Waals surface area contributed by atoms with E-state index >= 15 is 0 Å². The van der Waals surface area contributed by atoms with Crippen LogP contribution in [0.4, 0.5) is 0 Å². The van der Waals surface area contributed by atoms with Gasteiger partial charge in [0.05, 0.1) is 44.1 Å². The van der Waals surface area contributed by atoms with Crippen LogP contribution < -0.4 is 36.6 Å². The van der Waals surface area contributed by atoms with Crippen LogP contribution in [-0.4, -0.2) is 110 Å². The lowest BCUT2D eigenvalue weighted by Crippen LogP contribution is -2.52. The van der Waals surface area contributed by atoms with E-state index in [1.54, 1.807) is 30.3 Å². The fourth-order valence-electron chi connectivity index (χ4n) is 4.64. The molecule has 18 heteroatoms.